The number of rotatable bonds is 4. The summed E-state index contributed by atoms with van der Waals surface area (Å²) in [6.07, 6.45) is -0.391. The van der Waals surface area contributed by atoms with Crippen LogP contribution in [0.3, 0.4) is 0 Å². The van der Waals surface area contributed by atoms with Crippen LogP contribution in [0.2, 0.25) is 0 Å². The summed E-state index contributed by atoms with van der Waals surface area (Å²) in [7, 11) is 3.65. The van der Waals surface area contributed by atoms with Gasteiger partial charge in [-0.15, -0.1) is 0 Å². The number of aromatic hydroxyl groups is 1. The minimum absolute atomic E-state index is 0.104. The van der Waals surface area contributed by atoms with E-state index in [1.54, 1.807) is 0 Å². The van der Waals surface area contributed by atoms with Crippen LogP contribution < -0.4 is 4.74 Å². The number of hydrogen-bond acceptors (Lipinski definition) is 8. The van der Waals surface area contributed by atoms with Crippen LogP contribution in [0.1, 0.15) is 24.8 Å². The Bertz CT molecular complexity index is 724. The highest BCUT2D eigenvalue weighted by Crippen LogP contribution is 2.47. The molecule has 1 fully saturated rings. The Kier molecular flexibility index (Phi) is 5.56. The number of carbonyl (C=O) groups is 3. The summed E-state index contributed by atoms with van der Waals surface area (Å²) in [5, 5.41) is 20.5. The quantitative estimate of drug-likeness (QED) is 0.593. The van der Waals surface area contributed by atoms with E-state index in [1.165, 1.54) is 32.2 Å². The van der Waals surface area contributed by atoms with E-state index >= 15 is 0 Å². The van der Waals surface area contributed by atoms with Crippen molar-refractivity contribution in [3.05, 3.63) is 23.8 Å². The third kappa shape index (κ3) is 3.37. The molecule has 4 atom stereocenters. The fourth-order valence-corrected chi connectivity index (χ4v) is 3.57. The molecule has 1 aliphatic rings. The second-order valence-corrected chi connectivity index (χ2v) is 6.46. The van der Waals surface area contributed by atoms with Crippen molar-refractivity contribution in [1.29, 1.82) is 0 Å². The molecule has 1 aromatic carbocycles. The molecule has 2 N–H and O–H groups in total. The lowest BCUT2D eigenvalue weighted by Crippen LogP contribution is -2.55. The first-order valence-corrected chi connectivity index (χ1v) is 7.95. The molecule has 26 heavy (non-hydrogen) atoms. The molecule has 1 aromatic rings. The summed E-state index contributed by atoms with van der Waals surface area (Å²) in [5.74, 6) is -5.67. The number of benzene rings is 1. The van der Waals surface area contributed by atoms with Gasteiger partial charge in [0.05, 0.1) is 32.8 Å². The first-order chi connectivity index (χ1) is 12.2. The standard InChI is InChI=1S/C18H22O8/c1-18(23)8-11(20)14(16(21)25-3)13(15(18)17(22)26-4)9-5-6-10(19)12(7-9)24-2/h5-7,13-15,19,23H,8H2,1-4H3/t13-,14+,15+,18-/m1/s1. The summed E-state index contributed by atoms with van der Waals surface area (Å²) >= 11 is 0. The number of hydrogen-bond donors (Lipinski definition) is 2. The van der Waals surface area contributed by atoms with Crippen molar-refractivity contribution in [3.63, 3.8) is 0 Å². The lowest BCUT2D eigenvalue weighted by Gasteiger charge is -2.43. The van der Waals surface area contributed by atoms with Crippen molar-refractivity contribution in [2.24, 2.45) is 11.8 Å². The molecule has 8 heteroatoms. The number of methoxy groups -OCH3 is 3. The van der Waals surface area contributed by atoms with E-state index < -0.39 is 47.5 Å². The highest BCUT2D eigenvalue weighted by atomic mass is 16.5. The highest BCUT2D eigenvalue weighted by Gasteiger charge is 2.57. The van der Waals surface area contributed by atoms with Crippen molar-refractivity contribution < 1.29 is 38.8 Å². The SMILES string of the molecule is COC(=O)[C@H]1C(=O)C[C@@](C)(O)[C@H](C(=O)OC)[C@@H]1c1ccc(O)c(OC)c1. The van der Waals surface area contributed by atoms with Crippen molar-refractivity contribution in [1.82, 2.24) is 0 Å². The third-order valence-electron chi connectivity index (χ3n) is 4.77. The van der Waals surface area contributed by atoms with Crippen molar-refractivity contribution in [3.8, 4) is 11.5 Å². The third-order valence-corrected chi connectivity index (χ3v) is 4.77. The molecule has 0 aliphatic heterocycles. The second-order valence-electron chi connectivity index (χ2n) is 6.46. The molecule has 142 valence electrons. The smallest absolute Gasteiger partial charge is 0.316 e. The van der Waals surface area contributed by atoms with Gasteiger partial charge in [-0.25, -0.2) is 0 Å². The minimum atomic E-state index is -1.72. The van der Waals surface area contributed by atoms with Gasteiger partial charge >= 0.3 is 11.9 Å². The zero-order valence-corrected chi connectivity index (χ0v) is 15.0. The lowest BCUT2D eigenvalue weighted by atomic mass is 9.61. The number of aliphatic hydroxyl groups is 1. The van der Waals surface area contributed by atoms with E-state index in [2.05, 4.69) is 0 Å². The number of ether oxygens (including phenoxy) is 3. The maximum absolute atomic E-state index is 12.6. The Morgan fingerprint density at radius 3 is 2.31 bits per heavy atom. The topological polar surface area (TPSA) is 119 Å². The van der Waals surface area contributed by atoms with Gasteiger partial charge in [-0.05, 0) is 24.6 Å². The van der Waals surface area contributed by atoms with Gasteiger partial charge in [0, 0.05) is 12.3 Å². The fraction of sp³-hybridized carbons (Fsp3) is 0.500. The van der Waals surface area contributed by atoms with Crippen LogP contribution in [0, 0.1) is 11.8 Å². The molecular formula is C18H22O8. The first-order valence-electron chi connectivity index (χ1n) is 7.95. The first kappa shape index (κ1) is 19.7. The fourth-order valence-electron chi connectivity index (χ4n) is 3.57. The maximum atomic E-state index is 12.6. The lowest BCUT2D eigenvalue weighted by molar-refractivity contribution is -0.170. The number of phenolic OH excluding ortho intramolecular Hbond substituents is 1. The van der Waals surface area contributed by atoms with E-state index in [0.717, 1.165) is 14.2 Å². The van der Waals surface area contributed by atoms with Crippen LogP contribution in [0.5, 0.6) is 11.5 Å². The average molecular weight is 366 g/mol. The molecule has 0 spiro atoms. The Labute approximate surface area is 150 Å². The van der Waals surface area contributed by atoms with Gasteiger partial charge in [0.2, 0.25) is 0 Å². The van der Waals surface area contributed by atoms with E-state index in [0.29, 0.717) is 5.56 Å². The average Bonchev–Trinajstić information content (AvgIpc) is 2.59. The van der Waals surface area contributed by atoms with Crippen LogP contribution in [-0.4, -0.2) is 54.9 Å². The monoisotopic (exact) mass is 366 g/mol. The number of Topliss-reactive ketones (excluding diaryl/α,β-unsaturated/α-hetero) is 1. The normalized spacial score (nSPS) is 28.3. The molecule has 0 heterocycles. The molecule has 0 aromatic heterocycles. The molecular weight excluding hydrogens is 344 g/mol. The summed E-state index contributed by atoms with van der Waals surface area (Å²) in [6, 6.07) is 4.20. The Morgan fingerprint density at radius 1 is 1.15 bits per heavy atom. The van der Waals surface area contributed by atoms with Crippen LogP contribution in [-0.2, 0) is 23.9 Å². The van der Waals surface area contributed by atoms with Gasteiger partial charge in [-0.1, -0.05) is 6.07 Å². The predicted octanol–water partition coefficient (Wildman–Crippen LogP) is 0.787. The van der Waals surface area contributed by atoms with Crippen LogP contribution in [0.25, 0.3) is 0 Å². The van der Waals surface area contributed by atoms with Crippen molar-refractivity contribution in [2.45, 2.75) is 24.9 Å². The maximum Gasteiger partial charge on any atom is 0.316 e. The van der Waals surface area contributed by atoms with Crippen LogP contribution >= 0.6 is 0 Å². The molecule has 1 aliphatic carbocycles. The molecule has 2 rings (SSSR count). The summed E-state index contributed by atoms with van der Waals surface area (Å²) in [5.41, 5.74) is -1.36. The Balaban J connectivity index is 2.69. The molecule has 0 bridgehead atoms. The van der Waals surface area contributed by atoms with Crippen molar-refractivity contribution in [2.75, 3.05) is 21.3 Å². The summed E-state index contributed by atoms with van der Waals surface area (Å²) in [6.45, 7) is 1.35. The van der Waals surface area contributed by atoms with Crippen molar-refractivity contribution >= 4 is 17.7 Å². The van der Waals surface area contributed by atoms with Gasteiger partial charge < -0.3 is 24.4 Å². The van der Waals surface area contributed by atoms with Gasteiger partial charge in [-0.3, -0.25) is 14.4 Å². The summed E-state index contributed by atoms with van der Waals surface area (Å²) in [4.78, 5) is 37.3. The van der Waals surface area contributed by atoms with E-state index in [4.69, 9.17) is 14.2 Å². The second kappa shape index (κ2) is 7.33. The van der Waals surface area contributed by atoms with Gasteiger partial charge in [0.1, 0.15) is 5.92 Å². The van der Waals surface area contributed by atoms with Crippen LogP contribution in [0.4, 0.5) is 0 Å². The van der Waals surface area contributed by atoms with E-state index in [1.807, 2.05) is 0 Å². The summed E-state index contributed by atoms with van der Waals surface area (Å²) < 4.78 is 14.6. The largest absolute Gasteiger partial charge is 0.504 e. The highest BCUT2D eigenvalue weighted by molar-refractivity contribution is 6.02. The number of carbonyl (C=O) groups excluding carboxylic acids is 3. The number of esters is 2. The zero-order valence-electron chi connectivity index (χ0n) is 15.0. The molecule has 0 saturated heterocycles. The molecule has 0 unspecified atom stereocenters. The Morgan fingerprint density at radius 2 is 1.77 bits per heavy atom. The molecule has 1 saturated carbocycles. The van der Waals surface area contributed by atoms with E-state index in [-0.39, 0.29) is 11.5 Å². The van der Waals surface area contributed by atoms with Gasteiger partial charge in [0.15, 0.2) is 17.3 Å². The molecule has 0 radical (unpaired) electrons. The minimum Gasteiger partial charge on any atom is -0.504 e. The number of ketones is 1. The van der Waals surface area contributed by atoms with Gasteiger partial charge in [-0.2, -0.15) is 0 Å². The predicted molar refractivity (Wildman–Crippen MR) is 88.7 cm³/mol. The molecule has 0 amide bonds. The Hall–Kier alpha value is -2.61. The van der Waals surface area contributed by atoms with Gasteiger partial charge in [0.25, 0.3) is 0 Å². The van der Waals surface area contributed by atoms with E-state index in [9.17, 15) is 24.6 Å². The number of phenols is 1. The molecule has 8 nitrogen and oxygen atoms in total. The zero-order chi connectivity index (χ0) is 19.6. The van der Waals surface area contributed by atoms with Crippen LogP contribution in [0.15, 0.2) is 18.2 Å².